The highest BCUT2D eigenvalue weighted by molar-refractivity contribution is 5.84. The number of rotatable bonds is 5. The molecule has 12 heteroatoms. The summed E-state index contributed by atoms with van der Waals surface area (Å²) in [4.78, 5) is 27.5. The maximum atomic E-state index is 13.3. The van der Waals surface area contributed by atoms with Crippen LogP contribution in [0.1, 0.15) is 31.1 Å². The van der Waals surface area contributed by atoms with Gasteiger partial charge >= 0.3 is 0 Å². The Kier molecular flexibility index (Phi) is 5.80. The molecule has 1 amide bonds. The van der Waals surface area contributed by atoms with Crippen LogP contribution in [0.25, 0.3) is 11.2 Å². The molecule has 2 fully saturated rings. The Balaban J connectivity index is 1.42. The number of nitrogens with zero attached hydrogens (tertiary/aromatic N) is 5. The molecule has 5 atom stereocenters. The summed E-state index contributed by atoms with van der Waals surface area (Å²) >= 11 is 0. The van der Waals surface area contributed by atoms with Crippen molar-refractivity contribution in [1.29, 1.82) is 0 Å². The molecule has 5 rings (SSSR count). The number of nitrogens with one attached hydrogen (secondary N) is 1. The molecular weight excluding hydrogens is 445 g/mol. The van der Waals surface area contributed by atoms with Crippen LogP contribution >= 0.6 is 0 Å². The molecule has 5 N–H and O–H groups in total. The van der Waals surface area contributed by atoms with Gasteiger partial charge in [0, 0.05) is 25.6 Å². The van der Waals surface area contributed by atoms with Gasteiger partial charge in [0.2, 0.25) is 5.95 Å². The Morgan fingerprint density at radius 2 is 2.03 bits per heavy atom. The Morgan fingerprint density at radius 1 is 1.26 bits per heavy atom. The molecular formula is C22H26FN7O4. The topological polar surface area (TPSA) is 152 Å². The van der Waals surface area contributed by atoms with Crippen LogP contribution < -0.4 is 16.0 Å². The number of hydrogen-bond donors (Lipinski definition) is 4. The van der Waals surface area contributed by atoms with Gasteiger partial charge in [-0.25, -0.2) is 9.37 Å². The third kappa shape index (κ3) is 3.83. The van der Waals surface area contributed by atoms with Crippen molar-refractivity contribution in [3.05, 3.63) is 42.0 Å². The Morgan fingerprint density at radius 3 is 2.76 bits per heavy atom. The molecule has 0 aliphatic carbocycles. The molecule has 0 unspecified atom stereocenters. The van der Waals surface area contributed by atoms with Gasteiger partial charge in [0.15, 0.2) is 23.8 Å². The second-order valence-electron chi connectivity index (χ2n) is 8.54. The number of carbonyl (C=O) groups is 1. The Bertz CT molecular complexity index is 1200. The zero-order valence-corrected chi connectivity index (χ0v) is 18.5. The first kappa shape index (κ1) is 22.4. The van der Waals surface area contributed by atoms with Gasteiger partial charge in [-0.05, 0) is 31.0 Å². The van der Waals surface area contributed by atoms with Crippen molar-refractivity contribution in [1.82, 2.24) is 24.8 Å². The van der Waals surface area contributed by atoms with E-state index in [2.05, 4.69) is 20.3 Å². The molecule has 2 aliphatic heterocycles. The highest BCUT2D eigenvalue weighted by atomic mass is 19.1. The van der Waals surface area contributed by atoms with Crippen molar-refractivity contribution in [2.45, 2.75) is 43.8 Å². The minimum Gasteiger partial charge on any atom is -0.387 e. The van der Waals surface area contributed by atoms with Crippen LogP contribution in [-0.4, -0.2) is 73.6 Å². The number of amides is 1. The van der Waals surface area contributed by atoms with Crippen LogP contribution in [0.5, 0.6) is 0 Å². The van der Waals surface area contributed by atoms with Crippen LogP contribution in [-0.2, 0) is 9.53 Å². The average Bonchev–Trinajstić information content (AvgIpc) is 3.53. The van der Waals surface area contributed by atoms with E-state index in [9.17, 15) is 19.4 Å². The molecule has 0 saturated carbocycles. The molecule has 4 heterocycles. The largest absolute Gasteiger partial charge is 0.387 e. The number of aromatic nitrogens is 4. The van der Waals surface area contributed by atoms with Crippen molar-refractivity contribution in [3.8, 4) is 0 Å². The molecule has 34 heavy (non-hydrogen) atoms. The molecule has 2 aromatic heterocycles. The lowest BCUT2D eigenvalue weighted by atomic mass is 9.99. The number of likely N-dealkylation sites (N-methyl/N-ethyl adjacent to an activating group) is 1. The number of benzene rings is 1. The predicted octanol–water partition coefficient (Wildman–Crippen LogP) is 0.297. The Hall–Kier alpha value is -3.35. The highest BCUT2D eigenvalue weighted by Gasteiger charge is 2.47. The van der Waals surface area contributed by atoms with Crippen LogP contribution in [0, 0.1) is 5.82 Å². The molecule has 11 nitrogen and oxygen atoms in total. The van der Waals surface area contributed by atoms with E-state index in [1.54, 1.807) is 19.1 Å². The molecule has 2 aliphatic rings. The maximum Gasteiger partial charge on any atom is 0.252 e. The summed E-state index contributed by atoms with van der Waals surface area (Å²) in [5.74, 6) is -0.0371. The zero-order valence-electron chi connectivity index (χ0n) is 18.5. The first-order valence-corrected chi connectivity index (χ1v) is 11.2. The number of halogens is 1. The summed E-state index contributed by atoms with van der Waals surface area (Å²) in [5.41, 5.74) is 7.85. The summed E-state index contributed by atoms with van der Waals surface area (Å²) in [7, 11) is 0. The van der Waals surface area contributed by atoms with Crippen LogP contribution in [0.4, 0.5) is 16.2 Å². The summed E-state index contributed by atoms with van der Waals surface area (Å²) in [6, 6.07) is 6.47. The number of carbonyl (C=O) groups excluding carboxylic acids is 1. The van der Waals surface area contributed by atoms with E-state index in [0.29, 0.717) is 36.7 Å². The van der Waals surface area contributed by atoms with Gasteiger partial charge < -0.3 is 30.9 Å². The van der Waals surface area contributed by atoms with Gasteiger partial charge in [0.05, 0.1) is 6.33 Å². The number of nitrogens with two attached hydrogens (primary N) is 1. The fourth-order valence-corrected chi connectivity index (χ4v) is 4.58. The number of aliphatic hydroxyl groups excluding tert-OH is 2. The fourth-order valence-electron chi connectivity index (χ4n) is 4.58. The van der Waals surface area contributed by atoms with E-state index in [1.807, 2.05) is 4.90 Å². The smallest absolute Gasteiger partial charge is 0.252 e. The van der Waals surface area contributed by atoms with Gasteiger partial charge in [0.1, 0.15) is 23.5 Å². The number of ether oxygens (including phenoxy) is 1. The first-order valence-electron chi connectivity index (χ1n) is 11.2. The molecule has 2 saturated heterocycles. The maximum absolute atomic E-state index is 13.3. The number of anilines is 2. The lowest BCUT2D eigenvalue weighted by molar-refractivity contribution is -0.137. The number of imidazole rings is 1. The number of aliphatic hydroxyl groups is 2. The van der Waals surface area contributed by atoms with Crippen molar-refractivity contribution in [2.24, 2.45) is 0 Å². The van der Waals surface area contributed by atoms with E-state index in [0.717, 1.165) is 12.0 Å². The minimum atomic E-state index is -1.41. The second kappa shape index (κ2) is 8.78. The van der Waals surface area contributed by atoms with Crippen molar-refractivity contribution in [3.63, 3.8) is 0 Å². The summed E-state index contributed by atoms with van der Waals surface area (Å²) in [6.45, 7) is 3.42. The Labute approximate surface area is 194 Å². The third-order valence-electron chi connectivity index (χ3n) is 6.37. The monoisotopic (exact) mass is 471 g/mol. The van der Waals surface area contributed by atoms with Gasteiger partial charge in [-0.15, -0.1) is 0 Å². The standard InChI is InChI=1S/C22H26FN7O4/c1-2-25-20(33)17-15(31)16(32)21(34-17)30-10-26-14-18(24)27-22(28-19(14)30)29-8-7-12(9-29)11-3-5-13(23)6-4-11/h3-6,10,12,15-17,21,31-32H,2,7-9H2,1H3,(H,25,33)(H2,24,27,28)/t12-,15+,16-,17+,21+/m0/s1. The number of hydrogen-bond acceptors (Lipinski definition) is 9. The molecule has 3 aromatic rings. The van der Waals surface area contributed by atoms with E-state index >= 15 is 0 Å². The highest BCUT2D eigenvalue weighted by Crippen LogP contribution is 2.34. The van der Waals surface area contributed by atoms with Gasteiger partial charge in [-0.1, -0.05) is 12.1 Å². The van der Waals surface area contributed by atoms with Gasteiger partial charge in [0.25, 0.3) is 5.91 Å². The SMILES string of the molecule is CCNC(=O)[C@@H]1O[C@@H](n2cnc3c(N)nc(N4CC[C@H](c5ccc(F)cc5)C4)nc32)[C@@H](O)[C@H]1O. The van der Waals surface area contributed by atoms with E-state index in [1.165, 1.54) is 23.0 Å². The summed E-state index contributed by atoms with van der Waals surface area (Å²) in [5, 5.41) is 23.5. The minimum absolute atomic E-state index is 0.164. The molecule has 180 valence electrons. The average molecular weight is 471 g/mol. The lowest BCUT2D eigenvalue weighted by Crippen LogP contribution is -2.42. The van der Waals surface area contributed by atoms with Crippen LogP contribution in [0.3, 0.4) is 0 Å². The van der Waals surface area contributed by atoms with Crippen molar-refractivity contribution < 1.29 is 24.1 Å². The number of fused-ring (bicyclic) bond motifs is 1. The predicted molar refractivity (Wildman–Crippen MR) is 120 cm³/mol. The molecule has 0 bridgehead atoms. The quantitative estimate of drug-likeness (QED) is 0.412. The van der Waals surface area contributed by atoms with Gasteiger partial charge in [-0.3, -0.25) is 9.36 Å². The molecule has 0 spiro atoms. The molecule has 1 aromatic carbocycles. The summed E-state index contributed by atoms with van der Waals surface area (Å²) < 4.78 is 20.4. The zero-order chi connectivity index (χ0) is 24.0. The first-order chi connectivity index (χ1) is 16.4. The lowest BCUT2D eigenvalue weighted by Gasteiger charge is -2.19. The van der Waals surface area contributed by atoms with Gasteiger partial charge in [-0.2, -0.15) is 9.97 Å². The van der Waals surface area contributed by atoms with Crippen molar-refractivity contribution >= 4 is 28.8 Å². The van der Waals surface area contributed by atoms with Crippen LogP contribution in [0.15, 0.2) is 30.6 Å². The summed E-state index contributed by atoms with van der Waals surface area (Å²) in [6.07, 6.45) is -2.86. The molecule has 0 radical (unpaired) electrons. The normalized spacial score (nSPS) is 26.9. The third-order valence-corrected chi connectivity index (χ3v) is 6.37. The van der Waals surface area contributed by atoms with E-state index in [4.69, 9.17) is 10.5 Å². The van der Waals surface area contributed by atoms with Crippen molar-refractivity contribution in [2.75, 3.05) is 30.3 Å². The van der Waals surface area contributed by atoms with Crippen LogP contribution in [0.2, 0.25) is 0 Å². The second-order valence-corrected chi connectivity index (χ2v) is 8.54. The van der Waals surface area contributed by atoms with E-state index in [-0.39, 0.29) is 17.6 Å². The van der Waals surface area contributed by atoms with E-state index < -0.39 is 30.4 Å². The number of nitrogen functional groups attached to an aromatic ring is 1. The fraction of sp³-hybridized carbons (Fsp3) is 0.455.